The van der Waals surface area contributed by atoms with Crippen LogP contribution in [0, 0.1) is 5.41 Å². The van der Waals surface area contributed by atoms with E-state index in [0.29, 0.717) is 18.5 Å². The lowest BCUT2D eigenvalue weighted by molar-refractivity contribution is -0.137. The lowest BCUT2D eigenvalue weighted by atomic mass is 9.75. The van der Waals surface area contributed by atoms with Gasteiger partial charge >= 0.3 is 6.18 Å². The summed E-state index contributed by atoms with van der Waals surface area (Å²) in [5, 5.41) is 2.88. The minimum atomic E-state index is -4.32. The Hall–Kier alpha value is -1.52. The molecule has 0 radical (unpaired) electrons. The van der Waals surface area contributed by atoms with Crippen molar-refractivity contribution in [2.45, 2.75) is 51.6 Å². The maximum absolute atomic E-state index is 12.6. The van der Waals surface area contributed by atoms with Gasteiger partial charge in [0, 0.05) is 12.0 Å². The summed E-state index contributed by atoms with van der Waals surface area (Å²) in [6, 6.07) is 5.27. The number of hydrogen-bond acceptors (Lipinski definition) is 1. The zero-order chi connectivity index (χ0) is 16.2. The van der Waals surface area contributed by atoms with Crippen LogP contribution in [0.4, 0.5) is 13.2 Å². The van der Waals surface area contributed by atoms with Gasteiger partial charge in [0.05, 0.1) is 5.56 Å². The van der Waals surface area contributed by atoms with Gasteiger partial charge in [-0.2, -0.15) is 13.2 Å². The Kier molecular flexibility index (Phi) is 5.14. The Labute approximate surface area is 129 Å². The summed E-state index contributed by atoms with van der Waals surface area (Å²) < 4.78 is 37.9. The van der Waals surface area contributed by atoms with Gasteiger partial charge in [0.25, 0.3) is 0 Å². The van der Waals surface area contributed by atoms with Crippen LogP contribution in [0.5, 0.6) is 0 Å². The molecule has 1 aliphatic rings. The van der Waals surface area contributed by atoms with Crippen molar-refractivity contribution >= 4 is 5.91 Å². The zero-order valence-electron chi connectivity index (χ0n) is 12.8. The molecule has 0 aliphatic heterocycles. The Morgan fingerprint density at radius 2 is 1.91 bits per heavy atom. The number of alkyl halides is 3. The molecule has 1 aromatic rings. The predicted octanol–water partition coefficient (Wildman–Crippen LogP) is 4.33. The van der Waals surface area contributed by atoms with Gasteiger partial charge in [0.2, 0.25) is 5.91 Å². The number of rotatable bonds is 4. The molecule has 0 aromatic heterocycles. The van der Waals surface area contributed by atoms with Gasteiger partial charge in [-0.1, -0.05) is 44.4 Å². The Morgan fingerprint density at radius 3 is 2.55 bits per heavy atom. The second-order valence-electron chi connectivity index (χ2n) is 6.33. The molecule has 0 spiro atoms. The van der Waals surface area contributed by atoms with E-state index in [9.17, 15) is 18.0 Å². The van der Waals surface area contributed by atoms with Crippen LogP contribution in [0.2, 0.25) is 0 Å². The molecule has 2 rings (SSSR count). The molecular formula is C17H22F3NO. The molecule has 1 fully saturated rings. The third kappa shape index (κ3) is 4.24. The van der Waals surface area contributed by atoms with Gasteiger partial charge < -0.3 is 5.32 Å². The molecule has 5 heteroatoms. The molecule has 0 saturated heterocycles. The fourth-order valence-corrected chi connectivity index (χ4v) is 3.00. The Balaban J connectivity index is 1.87. The third-order valence-electron chi connectivity index (χ3n) is 4.46. The van der Waals surface area contributed by atoms with Crippen molar-refractivity contribution in [2.24, 2.45) is 5.41 Å². The van der Waals surface area contributed by atoms with Crippen molar-refractivity contribution in [3.05, 3.63) is 35.4 Å². The first-order chi connectivity index (χ1) is 10.3. The van der Waals surface area contributed by atoms with Crippen LogP contribution in [0.3, 0.4) is 0 Å². The fraction of sp³-hybridized carbons (Fsp3) is 0.588. The van der Waals surface area contributed by atoms with Crippen LogP contribution in [-0.2, 0) is 17.4 Å². The molecule has 122 valence electrons. The molecule has 1 saturated carbocycles. The van der Waals surface area contributed by atoms with E-state index in [-0.39, 0.29) is 11.3 Å². The van der Waals surface area contributed by atoms with Crippen molar-refractivity contribution in [3.63, 3.8) is 0 Å². The predicted molar refractivity (Wildman–Crippen MR) is 79.3 cm³/mol. The van der Waals surface area contributed by atoms with Gasteiger partial charge in [0.15, 0.2) is 0 Å². The first kappa shape index (κ1) is 16.8. The number of benzene rings is 1. The number of carbonyl (C=O) groups excluding carboxylic acids is 1. The maximum atomic E-state index is 12.6. The van der Waals surface area contributed by atoms with Crippen LogP contribution >= 0.6 is 0 Å². The minimum absolute atomic E-state index is 0.0270. The summed E-state index contributed by atoms with van der Waals surface area (Å²) in [6.07, 6.45) is 1.17. The van der Waals surface area contributed by atoms with Crippen LogP contribution in [0.25, 0.3) is 0 Å². The molecule has 2 nitrogen and oxygen atoms in total. The highest BCUT2D eigenvalue weighted by molar-refractivity contribution is 5.82. The lowest BCUT2D eigenvalue weighted by Gasteiger charge is -2.32. The van der Waals surface area contributed by atoms with Crippen LogP contribution in [-0.4, -0.2) is 12.5 Å². The minimum Gasteiger partial charge on any atom is -0.355 e. The smallest absolute Gasteiger partial charge is 0.355 e. The van der Waals surface area contributed by atoms with Crippen LogP contribution < -0.4 is 5.32 Å². The molecule has 1 amide bonds. The van der Waals surface area contributed by atoms with E-state index >= 15 is 0 Å². The first-order valence-corrected chi connectivity index (χ1v) is 7.76. The summed E-state index contributed by atoms with van der Waals surface area (Å²) in [5.74, 6) is 0.0270. The Morgan fingerprint density at radius 1 is 1.23 bits per heavy atom. The monoisotopic (exact) mass is 313 g/mol. The van der Waals surface area contributed by atoms with E-state index in [1.807, 2.05) is 6.92 Å². The molecular weight excluding hydrogens is 291 g/mol. The van der Waals surface area contributed by atoms with Crippen molar-refractivity contribution in [1.82, 2.24) is 5.32 Å². The fourth-order valence-electron chi connectivity index (χ4n) is 3.00. The van der Waals surface area contributed by atoms with E-state index < -0.39 is 11.7 Å². The number of hydrogen-bond donors (Lipinski definition) is 1. The average molecular weight is 313 g/mol. The van der Waals surface area contributed by atoms with E-state index in [1.54, 1.807) is 6.07 Å². The highest BCUT2D eigenvalue weighted by Crippen LogP contribution is 2.35. The van der Waals surface area contributed by atoms with Gasteiger partial charge in [-0.05, 0) is 30.9 Å². The molecule has 1 aliphatic carbocycles. The topological polar surface area (TPSA) is 29.1 Å². The van der Waals surface area contributed by atoms with Crippen molar-refractivity contribution < 1.29 is 18.0 Å². The van der Waals surface area contributed by atoms with Crippen molar-refractivity contribution in [3.8, 4) is 0 Å². The van der Waals surface area contributed by atoms with Gasteiger partial charge in [-0.3, -0.25) is 4.79 Å². The van der Waals surface area contributed by atoms with E-state index in [2.05, 4.69) is 5.32 Å². The van der Waals surface area contributed by atoms with Gasteiger partial charge in [-0.25, -0.2) is 0 Å². The second-order valence-corrected chi connectivity index (χ2v) is 6.33. The van der Waals surface area contributed by atoms with Crippen molar-refractivity contribution in [2.75, 3.05) is 6.54 Å². The molecule has 0 bridgehead atoms. The third-order valence-corrected chi connectivity index (χ3v) is 4.46. The highest BCUT2D eigenvalue weighted by Gasteiger charge is 2.34. The molecule has 0 atom stereocenters. The summed E-state index contributed by atoms with van der Waals surface area (Å²) in [5.41, 5.74) is -0.369. The van der Waals surface area contributed by atoms with Gasteiger partial charge in [0.1, 0.15) is 0 Å². The summed E-state index contributed by atoms with van der Waals surface area (Å²) in [6.45, 7) is 2.35. The molecule has 0 heterocycles. The molecule has 22 heavy (non-hydrogen) atoms. The zero-order valence-corrected chi connectivity index (χ0v) is 12.8. The van der Waals surface area contributed by atoms with E-state index in [0.717, 1.165) is 37.8 Å². The van der Waals surface area contributed by atoms with Crippen LogP contribution in [0.15, 0.2) is 24.3 Å². The largest absolute Gasteiger partial charge is 0.416 e. The second kappa shape index (κ2) is 6.71. The standard InChI is InChI=1S/C17H22F3NO/c1-16(9-3-2-4-10-16)15(22)21-11-8-13-6-5-7-14(12-13)17(18,19)20/h5-7,12H,2-4,8-11H2,1H3,(H,21,22). The molecule has 1 N–H and O–H groups in total. The first-order valence-electron chi connectivity index (χ1n) is 7.76. The molecule has 1 aromatic carbocycles. The number of carbonyl (C=O) groups is 1. The average Bonchev–Trinajstić information content (AvgIpc) is 2.47. The normalized spacial score (nSPS) is 18.0. The van der Waals surface area contributed by atoms with Crippen molar-refractivity contribution in [1.29, 1.82) is 0 Å². The number of amides is 1. The SMILES string of the molecule is CC1(C(=O)NCCc2cccc(C(F)(F)F)c2)CCCCC1. The number of nitrogens with one attached hydrogen (secondary N) is 1. The van der Waals surface area contributed by atoms with E-state index in [4.69, 9.17) is 0 Å². The number of halogens is 3. The maximum Gasteiger partial charge on any atom is 0.416 e. The molecule has 0 unspecified atom stereocenters. The summed E-state index contributed by atoms with van der Waals surface area (Å²) >= 11 is 0. The highest BCUT2D eigenvalue weighted by atomic mass is 19.4. The van der Waals surface area contributed by atoms with E-state index in [1.165, 1.54) is 12.5 Å². The Bertz CT molecular complexity index is 519. The van der Waals surface area contributed by atoms with Crippen LogP contribution in [0.1, 0.15) is 50.2 Å². The quantitative estimate of drug-likeness (QED) is 0.880. The summed E-state index contributed by atoms with van der Waals surface area (Å²) in [4.78, 5) is 12.2. The lowest BCUT2D eigenvalue weighted by Crippen LogP contribution is -2.41. The van der Waals surface area contributed by atoms with Gasteiger partial charge in [-0.15, -0.1) is 0 Å². The summed E-state index contributed by atoms with van der Waals surface area (Å²) in [7, 11) is 0.